The standard InChI is InChI=1S/C23H27Cl3N2.2C2H6/c1-16-2-9-20(10-3-16)27-12-13-28(22-11-8-19(25)14-21(22)26)23(15-27)17-4-6-18(24)7-5-17;2*1-2/h4-8,11,14,16,20,23H,2-3,9-10,12-13,15H2,1H3;2*1-2H3. The Morgan fingerprint density at radius 1 is 0.750 bits per heavy atom. The van der Waals surface area contributed by atoms with E-state index in [9.17, 15) is 0 Å². The van der Waals surface area contributed by atoms with E-state index in [1.54, 1.807) is 0 Å². The molecule has 0 radical (unpaired) electrons. The minimum atomic E-state index is 0.254. The van der Waals surface area contributed by atoms with Crippen LogP contribution in [0.4, 0.5) is 5.69 Å². The fourth-order valence-corrected chi connectivity index (χ4v) is 5.36. The van der Waals surface area contributed by atoms with Gasteiger partial charge in [0.05, 0.1) is 16.8 Å². The first kappa shape index (κ1) is 27.3. The second-order valence-electron chi connectivity index (χ2n) is 8.27. The van der Waals surface area contributed by atoms with Gasteiger partial charge in [-0.05, 0) is 67.5 Å². The van der Waals surface area contributed by atoms with Crippen molar-refractivity contribution < 1.29 is 0 Å². The Hall–Kier alpha value is -0.930. The number of benzene rings is 2. The Kier molecular flexibility index (Phi) is 11.7. The van der Waals surface area contributed by atoms with Crippen LogP contribution in [0.3, 0.4) is 0 Å². The summed E-state index contributed by atoms with van der Waals surface area (Å²) in [5, 5.41) is 2.16. The number of nitrogens with zero attached hydrogens (tertiary/aromatic N) is 2. The highest BCUT2D eigenvalue weighted by molar-refractivity contribution is 6.36. The van der Waals surface area contributed by atoms with Gasteiger partial charge in [-0.3, -0.25) is 4.90 Å². The molecule has 178 valence electrons. The quantitative estimate of drug-likeness (QED) is 0.417. The summed E-state index contributed by atoms with van der Waals surface area (Å²) < 4.78 is 0. The highest BCUT2D eigenvalue weighted by atomic mass is 35.5. The van der Waals surface area contributed by atoms with Crippen molar-refractivity contribution in [3.05, 3.63) is 63.1 Å². The molecule has 1 saturated heterocycles. The first-order chi connectivity index (χ1) is 15.5. The molecular formula is C27H39Cl3N2. The number of rotatable bonds is 3. The van der Waals surface area contributed by atoms with Crippen LogP contribution in [0.2, 0.25) is 15.1 Å². The molecule has 1 aliphatic heterocycles. The van der Waals surface area contributed by atoms with Crippen LogP contribution in [0.1, 0.15) is 71.9 Å². The van der Waals surface area contributed by atoms with E-state index in [1.807, 2.05) is 58.0 Å². The number of hydrogen-bond donors (Lipinski definition) is 0. The van der Waals surface area contributed by atoms with Crippen molar-refractivity contribution >= 4 is 40.5 Å². The second kappa shape index (κ2) is 13.7. The predicted octanol–water partition coefficient (Wildman–Crippen LogP) is 9.14. The highest BCUT2D eigenvalue weighted by Gasteiger charge is 2.34. The molecule has 0 bridgehead atoms. The largest absolute Gasteiger partial charge is 0.361 e. The maximum absolute atomic E-state index is 6.58. The minimum absolute atomic E-state index is 0.254. The zero-order chi connectivity index (χ0) is 23.7. The average Bonchev–Trinajstić information content (AvgIpc) is 2.83. The van der Waals surface area contributed by atoms with Crippen molar-refractivity contribution in [1.29, 1.82) is 0 Å². The molecule has 2 nitrogen and oxygen atoms in total. The lowest BCUT2D eigenvalue weighted by Crippen LogP contribution is -2.52. The first-order valence-electron chi connectivity index (χ1n) is 12.2. The summed E-state index contributed by atoms with van der Waals surface area (Å²) in [6.45, 7) is 13.4. The molecule has 32 heavy (non-hydrogen) atoms. The van der Waals surface area contributed by atoms with Crippen LogP contribution in [0.5, 0.6) is 0 Å². The topological polar surface area (TPSA) is 6.48 Å². The van der Waals surface area contributed by atoms with Gasteiger partial charge in [0.15, 0.2) is 0 Å². The van der Waals surface area contributed by atoms with E-state index in [0.717, 1.165) is 36.3 Å². The lowest BCUT2D eigenvalue weighted by Gasteiger charge is -2.47. The molecule has 5 heteroatoms. The molecule has 0 aromatic heterocycles. The van der Waals surface area contributed by atoms with Gasteiger partial charge in [-0.1, -0.05) is 81.6 Å². The molecule has 2 aromatic carbocycles. The van der Waals surface area contributed by atoms with Gasteiger partial charge >= 0.3 is 0 Å². The third-order valence-electron chi connectivity index (χ3n) is 6.39. The number of hydrogen-bond acceptors (Lipinski definition) is 2. The summed E-state index contributed by atoms with van der Waals surface area (Å²) in [7, 11) is 0. The summed E-state index contributed by atoms with van der Waals surface area (Å²) >= 11 is 18.9. The van der Waals surface area contributed by atoms with E-state index >= 15 is 0 Å². The second-order valence-corrected chi connectivity index (χ2v) is 9.55. The van der Waals surface area contributed by atoms with E-state index < -0.39 is 0 Å². The molecule has 0 spiro atoms. The van der Waals surface area contributed by atoms with Gasteiger partial charge in [-0.2, -0.15) is 0 Å². The van der Waals surface area contributed by atoms with Crippen LogP contribution in [-0.4, -0.2) is 30.6 Å². The van der Waals surface area contributed by atoms with Crippen molar-refractivity contribution in [2.45, 2.75) is 72.4 Å². The molecule has 1 unspecified atom stereocenters. The molecule has 1 saturated carbocycles. The van der Waals surface area contributed by atoms with Crippen molar-refractivity contribution in [2.75, 3.05) is 24.5 Å². The number of piperazine rings is 1. The summed E-state index contributed by atoms with van der Waals surface area (Å²) in [5.41, 5.74) is 2.34. The van der Waals surface area contributed by atoms with Crippen LogP contribution in [0.15, 0.2) is 42.5 Å². The van der Waals surface area contributed by atoms with Gasteiger partial charge in [0, 0.05) is 35.7 Å². The minimum Gasteiger partial charge on any atom is -0.361 e. The van der Waals surface area contributed by atoms with Crippen LogP contribution in [0, 0.1) is 5.92 Å². The van der Waals surface area contributed by atoms with Crippen LogP contribution in [0.25, 0.3) is 0 Å². The molecule has 2 aromatic rings. The van der Waals surface area contributed by atoms with Crippen molar-refractivity contribution in [2.24, 2.45) is 5.92 Å². The van der Waals surface area contributed by atoms with Gasteiger partial charge in [-0.15, -0.1) is 0 Å². The van der Waals surface area contributed by atoms with Crippen LogP contribution >= 0.6 is 34.8 Å². The van der Waals surface area contributed by atoms with E-state index in [2.05, 4.69) is 28.9 Å². The van der Waals surface area contributed by atoms with Gasteiger partial charge in [0.1, 0.15) is 0 Å². The fraction of sp³-hybridized carbons (Fsp3) is 0.556. The normalized spacial score (nSPS) is 23.5. The Bertz CT molecular complexity index is 801. The summed E-state index contributed by atoms with van der Waals surface area (Å²) in [6.07, 6.45) is 5.32. The Labute approximate surface area is 210 Å². The maximum atomic E-state index is 6.58. The number of halogens is 3. The third kappa shape index (κ3) is 7.03. The highest BCUT2D eigenvalue weighted by Crippen LogP contribution is 2.38. The van der Waals surface area contributed by atoms with Crippen molar-refractivity contribution in [3.8, 4) is 0 Å². The molecule has 2 aliphatic rings. The summed E-state index contributed by atoms with van der Waals surface area (Å²) in [4.78, 5) is 5.13. The third-order valence-corrected chi connectivity index (χ3v) is 7.18. The van der Waals surface area contributed by atoms with E-state index in [1.165, 1.54) is 31.2 Å². The Balaban J connectivity index is 0.000000860. The molecule has 1 aliphatic carbocycles. The number of anilines is 1. The molecule has 0 N–H and O–H groups in total. The van der Waals surface area contributed by atoms with Gasteiger partial charge in [-0.25, -0.2) is 0 Å². The Morgan fingerprint density at radius 2 is 1.34 bits per heavy atom. The molecular weight excluding hydrogens is 459 g/mol. The van der Waals surface area contributed by atoms with Crippen LogP contribution in [-0.2, 0) is 0 Å². The molecule has 1 atom stereocenters. The van der Waals surface area contributed by atoms with E-state index in [4.69, 9.17) is 34.8 Å². The van der Waals surface area contributed by atoms with Gasteiger partial charge in [0.2, 0.25) is 0 Å². The lowest BCUT2D eigenvalue weighted by molar-refractivity contribution is 0.116. The first-order valence-corrected chi connectivity index (χ1v) is 13.4. The Morgan fingerprint density at radius 3 is 1.94 bits per heavy atom. The maximum Gasteiger partial charge on any atom is 0.0670 e. The fourth-order valence-electron chi connectivity index (χ4n) is 4.72. The zero-order valence-electron chi connectivity index (χ0n) is 20.3. The molecule has 2 fully saturated rings. The van der Waals surface area contributed by atoms with Crippen LogP contribution < -0.4 is 4.90 Å². The summed E-state index contributed by atoms with van der Waals surface area (Å²) in [5.74, 6) is 0.873. The lowest BCUT2D eigenvalue weighted by atomic mass is 9.86. The average molecular weight is 498 g/mol. The predicted molar refractivity (Wildman–Crippen MR) is 144 cm³/mol. The SMILES string of the molecule is CC.CC.CC1CCC(N2CCN(c3ccc(Cl)cc3Cl)C(c3ccc(Cl)cc3)C2)CC1. The van der Waals surface area contributed by atoms with E-state index in [0.29, 0.717) is 16.1 Å². The van der Waals surface area contributed by atoms with Gasteiger partial charge in [0.25, 0.3) is 0 Å². The summed E-state index contributed by atoms with van der Waals surface area (Å²) in [6, 6.07) is 15.0. The smallest absolute Gasteiger partial charge is 0.0670 e. The molecule has 1 heterocycles. The van der Waals surface area contributed by atoms with E-state index in [-0.39, 0.29) is 6.04 Å². The molecule has 4 rings (SSSR count). The van der Waals surface area contributed by atoms with Crippen molar-refractivity contribution in [1.82, 2.24) is 4.90 Å². The van der Waals surface area contributed by atoms with Crippen molar-refractivity contribution in [3.63, 3.8) is 0 Å². The zero-order valence-corrected chi connectivity index (χ0v) is 22.5. The molecule has 0 amide bonds. The van der Waals surface area contributed by atoms with Gasteiger partial charge < -0.3 is 4.90 Å². The monoisotopic (exact) mass is 496 g/mol.